The summed E-state index contributed by atoms with van der Waals surface area (Å²) in [7, 11) is 3.48. The highest BCUT2D eigenvalue weighted by atomic mass is 16.5. The number of nitrogens with zero attached hydrogens (tertiary/aromatic N) is 3. The van der Waals surface area contributed by atoms with Crippen molar-refractivity contribution in [2.75, 3.05) is 20.7 Å². The van der Waals surface area contributed by atoms with Crippen molar-refractivity contribution in [1.29, 1.82) is 0 Å². The fraction of sp³-hybridized carbons (Fsp3) is 0.304. The van der Waals surface area contributed by atoms with Gasteiger partial charge in [-0.2, -0.15) is 0 Å². The Labute approximate surface area is 172 Å². The van der Waals surface area contributed by atoms with E-state index in [0.717, 1.165) is 30.4 Å². The molecule has 0 radical (unpaired) electrons. The second-order valence-electron chi connectivity index (χ2n) is 6.91. The van der Waals surface area contributed by atoms with Crippen LogP contribution in [-0.4, -0.2) is 36.2 Å². The number of hydrogen-bond donors (Lipinski definition) is 2. The van der Waals surface area contributed by atoms with Crippen molar-refractivity contribution >= 4 is 5.96 Å². The lowest BCUT2D eigenvalue weighted by Crippen LogP contribution is -2.37. The SMILES string of the molecule is CN=C(NCCC(C)c1ccc(OC)cc1)NCc1ccccc1-n1ccnc1. The van der Waals surface area contributed by atoms with E-state index in [4.69, 9.17) is 4.74 Å². The number of benzene rings is 2. The summed E-state index contributed by atoms with van der Waals surface area (Å²) in [5.41, 5.74) is 3.60. The van der Waals surface area contributed by atoms with Gasteiger partial charge < -0.3 is 19.9 Å². The van der Waals surface area contributed by atoms with Gasteiger partial charge in [-0.05, 0) is 41.7 Å². The van der Waals surface area contributed by atoms with E-state index in [1.165, 1.54) is 11.1 Å². The maximum Gasteiger partial charge on any atom is 0.191 e. The summed E-state index contributed by atoms with van der Waals surface area (Å²) < 4.78 is 7.25. The molecule has 29 heavy (non-hydrogen) atoms. The number of hydrogen-bond acceptors (Lipinski definition) is 3. The molecule has 1 unspecified atom stereocenters. The van der Waals surface area contributed by atoms with Crippen LogP contribution in [0.25, 0.3) is 5.69 Å². The lowest BCUT2D eigenvalue weighted by atomic mass is 9.98. The molecule has 0 aliphatic rings. The zero-order valence-electron chi connectivity index (χ0n) is 17.3. The van der Waals surface area contributed by atoms with Gasteiger partial charge in [0.1, 0.15) is 5.75 Å². The molecule has 152 valence electrons. The van der Waals surface area contributed by atoms with Crippen LogP contribution in [0.5, 0.6) is 5.75 Å². The molecule has 0 saturated heterocycles. The molecule has 3 rings (SSSR count). The average molecular weight is 392 g/mol. The Bertz CT molecular complexity index is 903. The first-order valence-corrected chi connectivity index (χ1v) is 9.86. The van der Waals surface area contributed by atoms with Crippen molar-refractivity contribution in [3.8, 4) is 11.4 Å². The maximum atomic E-state index is 5.23. The van der Waals surface area contributed by atoms with Gasteiger partial charge in [-0.1, -0.05) is 37.3 Å². The Balaban J connectivity index is 1.50. The molecule has 0 saturated carbocycles. The van der Waals surface area contributed by atoms with Crippen molar-refractivity contribution < 1.29 is 4.74 Å². The van der Waals surface area contributed by atoms with Gasteiger partial charge in [0.05, 0.1) is 19.1 Å². The minimum Gasteiger partial charge on any atom is -0.497 e. The number of rotatable bonds is 8. The van der Waals surface area contributed by atoms with Gasteiger partial charge in [0.2, 0.25) is 0 Å². The zero-order chi connectivity index (χ0) is 20.5. The van der Waals surface area contributed by atoms with Crippen LogP contribution < -0.4 is 15.4 Å². The van der Waals surface area contributed by atoms with Gasteiger partial charge in [0.15, 0.2) is 5.96 Å². The van der Waals surface area contributed by atoms with E-state index in [2.05, 4.69) is 51.8 Å². The largest absolute Gasteiger partial charge is 0.497 e. The third kappa shape index (κ3) is 5.60. The highest BCUT2D eigenvalue weighted by Gasteiger charge is 2.08. The number of guanidine groups is 1. The van der Waals surface area contributed by atoms with Crippen LogP contribution in [0.15, 0.2) is 72.2 Å². The van der Waals surface area contributed by atoms with E-state index in [9.17, 15) is 0 Å². The van der Waals surface area contributed by atoms with Gasteiger partial charge in [0, 0.05) is 32.5 Å². The first-order valence-electron chi connectivity index (χ1n) is 9.86. The quantitative estimate of drug-likeness (QED) is 0.454. The summed E-state index contributed by atoms with van der Waals surface area (Å²) in [6.07, 6.45) is 6.56. The number of aromatic nitrogens is 2. The molecule has 1 heterocycles. The molecule has 1 aromatic heterocycles. The summed E-state index contributed by atoms with van der Waals surface area (Å²) in [6, 6.07) is 16.6. The summed E-state index contributed by atoms with van der Waals surface area (Å²) in [5.74, 6) is 2.14. The van der Waals surface area contributed by atoms with Gasteiger partial charge in [-0.3, -0.25) is 4.99 Å². The number of imidazole rings is 1. The molecule has 1 atom stereocenters. The number of methoxy groups -OCH3 is 1. The van der Waals surface area contributed by atoms with Crippen molar-refractivity contribution in [3.63, 3.8) is 0 Å². The van der Waals surface area contributed by atoms with Crippen LogP contribution in [0, 0.1) is 0 Å². The molecule has 3 aromatic rings. The van der Waals surface area contributed by atoms with E-state index in [1.54, 1.807) is 20.4 Å². The highest BCUT2D eigenvalue weighted by molar-refractivity contribution is 5.79. The Morgan fingerprint density at radius 1 is 1.14 bits per heavy atom. The molecule has 2 N–H and O–H groups in total. The van der Waals surface area contributed by atoms with Crippen LogP contribution in [-0.2, 0) is 6.54 Å². The van der Waals surface area contributed by atoms with Crippen molar-refractivity contribution in [3.05, 3.63) is 78.4 Å². The summed E-state index contributed by atoms with van der Waals surface area (Å²) in [6.45, 7) is 3.76. The van der Waals surface area contributed by atoms with Gasteiger partial charge in [0.25, 0.3) is 0 Å². The predicted octanol–water partition coefficient (Wildman–Crippen LogP) is 3.74. The fourth-order valence-electron chi connectivity index (χ4n) is 3.22. The molecule has 2 aromatic carbocycles. The monoisotopic (exact) mass is 391 g/mol. The molecule has 6 heteroatoms. The molecule has 0 bridgehead atoms. The smallest absolute Gasteiger partial charge is 0.191 e. The first kappa shape index (κ1) is 20.5. The lowest BCUT2D eigenvalue weighted by molar-refractivity contribution is 0.414. The average Bonchev–Trinajstić information content (AvgIpc) is 3.31. The second-order valence-corrected chi connectivity index (χ2v) is 6.91. The lowest BCUT2D eigenvalue weighted by Gasteiger charge is -2.16. The molecular formula is C23H29N5O. The standard InChI is InChI=1S/C23H29N5O/c1-18(19-8-10-21(29-3)11-9-19)12-13-26-23(24-2)27-16-20-6-4-5-7-22(20)28-15-14-25-17-28/h4-11,14-15,17-18H,12-13,16H2,1-3H3,(H2,24,26,27). The Morgan fingerprint density at radius 2 is 1.93 bits per heavy atom. The van der Waals surface area contributed by atoms with Gasteiger partial charge >= 0.3 is 0 Å². The number of aliphatic imine (C=N–C) groups is 1. The number of ether oxygens (including phenoxy) is 1. The summed E-state index contributed by atoms with van der Waals surface area (Å²) >= 11 is 0. The first-order chi connectivity index (χ1) is 14.2. The Morgan fingerprint density at radius 3 is 2.62 bits per heavy atom. The molecule has 0 aliphatic carbocycles. The molecule has 0 fully saturated rings. The minimum atomic E-state index is 0.452. The van der Waals surface area contributed by atoms with Crippen molar-refractivity contribution in [2.45, 2.75) is 25.8 Å². The van der Waals surface area contributed by atoms with E-state index >= 15 is 0 Å². The molecule has 0 aliphatic heterocycles. The number of para-hydroxylation sites is 1. The van der Waals surface area contributed by atoms with Crippen LogP contribution >= 0.6 is 0 Å². The van der Waals surface area contributed by atoms with E-state index in [0.29, 0.717) is 12.5 Å². The Hall–Kier alpha value is -3.28. The van der Waals surface area contributed by atoms with Gasteiger partial charge in [-0.25, -0.2) is 4.98 Å². The maximum absolute atomic E-state index is 5.23. The molecular weight excluding hydrogens is 362 g/mol. The zero-order valence-corrected chi connectivity index (χ0v) is 17.3. The third-order valence-electron chi connectivity index (χ3n) is 5.00. The van der Waals surface area contributed by atoms with Crippen LogP contribution in [0.2, 0.25) is 0 Å². The molecule has 0 amide bonds. The fourth-order valence-corrected chi connectivity index (χ4v) is 3.22. The molecule has 6 nitrogen and oxygen atoms in total. The van der Waals surface area contributed by atoms with E-state index < -0.39 is 0 Å². The summed E-state index contributed by atoms with van der Waals surface area (Å²) in [4.78, 5) is 8.49. The normalized spacial score (nSPS) is 12.4. The van der Waals surface area contributed by atoms with Crippen LogP contribution in [0.1, 0.15) is 30.4 Å². The van der Waals surface area contributed by atoms with Crippen molar-refractivity contribution in [2.24, 2.45) is 4.99 Å². The number of nitrogens with one attached hydrogen (secondary N) is 2. The van der Waals surface area contributed by atoms with Crippen LogP contribution in [0.3, 0.4) is 0 Å². The highest BCUT2D eigenvalue weighted by Crippen LogP contribution is 2.21. The summed E-state index contributed by atoms with van der Waals surface area (Å²) in [5, 5.41) is 6.82. The second kappa shape index (κ2) is 10.3. The van der Waals surface area contributed by atoms with Gasteiger partial charge in [-0.15, -0.1) is 0 Å². The van der Waals surface area contributed by atoms with E-state index in [-0.39, 0.29) is 0 Å². The van der Waals surface area contributed by atoms with Crippen molar-refractivity contribution in [1.82, 2.24) is 20.2 Å². The van der Waals surface area contributed by atoms with E-state index in [1.807, 2.05) is 41.4 Å². The predicted molar refractivity (Wildman–Crippen MR) is 118 cm³/mol. The Kier molecular flexibility index (Phi) is 7.28. The van der Waals surface area contributed by atoms with Crippen LogP contribution in [0.4, 0.5) is 0 Å². The minimum absolute atomic E-state index is 0.452. The molecule has 0 spiro atoms. The third-order valence-corrected chi connectivity index (χ3v) is 5.00. The topological polar surface area (TPSA) is 63.5 Å².